The molecule has 1 N–H and O–H groups in total. The van der Waals surface area contributed by atoms with Crippen LogP contribution < -0.4 is 5.32 Å². The summed E-state index contributed by atoms with van der Waals surface area (Å²) >= 11 is 5.77. The first-order chi connectivity index (χ1) is 7.70. The Balaban J connectivity index is 2.74. The van der Waals surface area contributed by atoms with Crippen LogP contribution >= 0.6 is 11.6 Å². The first kappa shape index (κ1) is 13.5. The summed E-state index contributed by atoms with van der Waals surface area (Å²) in [5, 5.41) is 3.35. The van der Waals surface area contributed by atoms with Crippen LogP contribution in [0.3, 0.4) is 0 Å². The van der Waals surface area contributed by atoms with Crippen LogP contribution in [0.5, 0.6) is 0 Å². The lowest BCUT2D eigenvalue weighted by Gasteiger charge is -2.17. The maximum atomic E-state index is 13.8. The molecule has 0 aliphatic rings. The molecule has 3 heteroatoms. The summed E-state index contributed by atoms with van der Waals surface area (Å²) < 4.78 is 13.8. The van der Waals surface area contributed by atoms with Gasteiger partial charge in [0.15, 0.2) is 0 Å². The normalized spacial score (nSPS) is 12.8. The van der Waals surface area contributed by atoms with Crippen molar-refractivity contribution in [1.29, 1.82) is 0 Å². The van der Waals surface area contributed by atoms with Gasteiger partial charge in [0, 0.05) is 11.6 Å². The van der Waals surface area contributed by atoms with Crippen molar-refractivity contribution in [3.05, 3.63) is 34.6 Å². The number of benzene rings is 1. The SMILES string of the molecule is CCCCCC(NC)c1cccc(Cl)c1F. The molecular formula is C13H19ClFN. The zero-order valence-electron chi connectivity index (χ0n) is 9.89. The summed E-state index contributed by atoms with van der Waals surface area (Å²) in [6.07, 6.45) is 4.41. The summed E-state index contributed by atoms with van der Waals surface area (Å²) in [6, 6.07) is 5.24. The van der Waals surface area contributed by atoms with Gasteiger partial charge in [0.2, 0.25) is 0 Å². The number of nitrogens with one attached hydrogen (secondary N) is 1. The topological polar surface area (TPSA) is 12.0 Å². The summed E-state index contributed by atoms with van der Waals surface area (Å²) in [6.45, 7) is 2.16. The first-order valence-electron chi connectivity index (χ1n) is 5.81. The van der Waals surface area contributed by atoms with Crippen molar-refractivity contribution in [1.82, 2.24) is 5.32 Å². The Labute approximate surface area is 102 Å². The van der Waals surface area contributed by atoms with Crippen LogP contribution in [0.1, 0.15) is 44.2 Å². The largest absolute Gasteiger partial charge is 0.313 e. The van der Waals surface area contributed by atoms with E-state index in [2.05, 4.69) is 12.2 Å². The van der Waals surface area contributed by atoms with Crippen molar-refractivity contribution in [3.8, 4) is 0 Å². The highest BCUT2D eigenvalue weighted by Crippen LogP contribution is 2.26. The minimum Gasteiger partial charge on any atom is -0.313 e. The molecule has 1 nitrogen and oxygen atoms in total. The molecule has 1 aromatic carbocycles. The molecule has 0 bridgehead atoms. The van der Waals surface area contributed by atoms with Gasteiger partial charge < -0.3 is 5.32 Å². The lowest BCUT2D eigenvalue weighted by molar-refractivity contribution is 0.485. The average Bonchev–Trinajstić information content (AvgIpc) is 2.29. The van der Waals surface area contributed by atoms with Gasteiger partial charge in [-0.2, -0.15) is 0 Å². The van der Waals surface area contributed by atoms with Crippen molar-refractivity contribution >= 4 is 11.6 Å². The van der Waals surface area contributed by atoms with Crippen molar-refractivity contribution in [2.75, 3.05) is 7.05 Å². The number of rotatable bonds is 6. The molecule has 1 atom stereocenters. The highest BCUT2D eigenvalue weighted by Gasteiger charge is 2.15. The second kappa shape index (κ2) is 6.87. The third kappa shape index (κ3) is 3.46. The van der Waals surface area contributed by atoms with Gasteiger partial charge in [-0.1, -0.05) is 49.9 Å². The molecule has 16 heavy (non-hydrogen) atoms. The van der Waals surface area contributed by atoms with Gasteiger partial charge in [-0.25, -0.2) is 4.39 Å². The van der Waals surface area contributed by atoms with Gasteiger partial charge in [-0.15, -0.1) is 0 Å². The van der Waals surface area contributed by atoms with Crippen LogP contribution in [0, 0.1) is 5.82 Å². The van der Waals surface area contributed by atoms with E-state index >= 15 is 0 Å². The smallest absolute Gasteiger partial charge is 0.146 e. The molecule has 0 aliphatic carbocycles. The van der Waals surface area contributed by atoms with E-state index in [0.29, 0.717) is 5.56 Å². The Morgan fingerprint density at radius 2 is 2.12 bits per heavy atom. The third-order valence-electron chi connectivity index (χ3n) is 2.80. The number of halogens is 2. The number of unbranched alkanes of at least 4 members (excludes halogenated alkanes) is 2. The van der Waals surface area contributed by atoms with Crippen molar-refractivity contribution < 1.29 is 4.39 Å². The summed E-state index contributed by atoms with van der Waals surface area (Å²) in [5.74, 6) is -0.292. The van der Waals surface area contributed by atoms with Crippen molar-refractivity contribution in [2.45, 2.75) is 38.6 Å². The first-order valence-corrected chi connectivity index (χ1v) is 6.19. The Kier molecular flexibility index (Phi) is 5.78. The fourth-order valence-electron chi connectivity index (χ4n) is 1.84. The fourth-order valence-corrected chi connectivity index (χ4v) is 2.03. The van der Waals surface area contributed by atoms with Gasteiger partial charge in [-0.3, -0.25) is 0 Å². The van der Waals surface area contributed by atoms with E-state index in [0.717, 1.165) is 12.8 Å². The molecule has 0 spiro atoms. The van der Waals surface area contributed by atoms with E-state index in [1.807, 2.05) is 7.05 Å². The van der Waals surface area contributed by atoms with E-state index in [1.54, 1.807) is 18.2 Å². The third-order valence-corrected chi connectivity index (χ3v) is 3.09. The molecule has 0 amide bonds. The summed E-state index contributed by atoms with van der Waals surface area (Å²) in [4.78, 5) is 0. The standard InChI is InChI=1S/C13H19ClFN/c1-3-4-5-9-12(16-2)10-7-6-8-11(14)13(10)15/h6-8,12,16H,3-5,9H2,1-2H3. The van der Waals surface area contributed by atoms with E-state index in [-0.39, 0.29) is 16.9 Å². The minimum atomic E-state index is -0.292. The number of hydrogen-bond acceptors (Lipinski definition) is 1. The predicted molar refractivity (Wildman–Crippen MR) is 67.4 cm³/mol. The van der Waals surface area contributed by atoms with Gasteiger partial charge >= 0.3 is 0 Å². The van der Waals surface area contributed by atoms with Crippen LogP contribution in [0.4, 0.5) is 4.39 Å². The second-order valence-electron chi connectivity index (χ2n) is 3.98. The van der Waals surface area contributed by atoms with E-state index in [4.69, 9.17) is 11.6 Å². The molecule has 0 radical (unpaired) electrons. The quantitative estimate of drug-likeness (QED) is 0.734. The molecule has 0 saturated carbocycles. The van der Waals surface area contributed by atoms with Crippen molar-refractivity contribution in [3.63, 3.8) is 0 Å². The average molecular weight is 244 g/mol. The zero-order chi connectivity index (χ0) is 12.0. The van der Waals surface area contributed by atoms with Gasteiger partial charge in [-0.05, 0) is 19.5 Å². The molecule has 0 fully saturated rings. The van der Waals surface area contributed by atoms with E-state index < -0.39 is 0 Å². The molecule has 1 unspecified atom stereocenters. The Hall–Kier alpha value is -0.600. The Bertz CT molecular complexity index is 328. The molecule has 0 aliphatic heterocycles. The zero-order valence-corrected chi connectivity index (χ0v) is 10.6. The predicted octanol–water partition coefficient (Wildman–Crippen LogP) is 4.32. The van der Waals surface area contributed by atoms with E-state index in [1.165, 1.54) is 12.8 Å². The van der Waals surface area contributed by atoms with Gasteiger partial charge in [0.05, 0.1) is 5.02 Å². The molecule has 0 aromatic heterocycles. The van der Waals surface area contributed by atoms with Crippen LogP contribution in [-0.2, 0) is 0 Å². The molecule has 0 heterocycles. The Morgan fingerprint density at radius 3 is 2.75 bits per heavy atom. The minimum absolute atomic E-state index is 0.0604. The lowest BCUT2D eigenvalue weighted by Crippen LogP contribution is -2.17. The maximum Gasteiger partial charge on any atom is 0.146 e. The highest BCUT2D eigenvalue weighted by molar-refractivity contribution is 6.30. The number of hydrogen-bond donors (Lipinski definition) is 1. The molecule has 0 saturated heterocycles. The van der Waals surface area contributed by atoms with Crippen LogP contribution in [0.25, 0.3) is 0 Å². The van der Waals surface area contributed by atoms with Crippen LogP contribution in [-0.4, -0.2) is 7.05 Å². The summed E-state index contributed by atoms with van der Waals surface area (Å²) in [7, 11) is 1.86. The van der Waals surface area contributed by atoms with Crippen LogP contribution in [0.15, 0.2) is 18.2 Å². The molecule has 90 valence electrons. The molecule has 1 rings (SSSR count). The summed E-state index contributed by atoms with van der Waals surface area (Å²) in [5.41, 5.74) is 0.672. The highest BCUT2D eigenvalue weighted by atomic mass is 35.5. The second-order valence-corrected chi connectivity index (χ2v) is 4.39. The van der Waals surface area contributed by atoms with Gasteiger partial charge in [0.25, 0.3) is 0 Å². The monoisotopic (exact) mass is 243 g/mol. The lowest BCUT2D eigenvalue weighted by atomic mass is 10.00. The molecule has 1 aromatic rings. The van der Waals surface area contributed by atoms with Gasteiger partial charge in [0.1, 0.15) is 5.82 Å². The van der Waals surface area contributed by atoms with Crippen LogP contribution in [0.2, 0.25) is 5.02 Å². The maximum absolute atomic E-state index is 13.8. The fraction of sp³-hybridized carbons (Fsp3) is 0.538. The van der Waals surface area contributed by atoms with Crippen molar-refractivity contribution in [2.24, 2.45) is 0 Å². The Morgan fingerprint density at radius 1 is 1.38 bits per heavy atom. The van der Waals surface area contributed by atoms with E-state index in [9.17, 15) is 4.39 Å². The molecular weight excluding hydrogens is 225 g/mol.